The fraction of sp³-hybridized carbons (Fsp3) is 0.407. The van der Waals surface area contributed by atoms with Crippen LogP contribution in [0.5, 0.6) is 0 Å². The highest BCUT2D eigenvalue weighted by Gasteiger charge is 2.31. The van der Waals surface area contributed by atoms with Crippen molar-refractivity contribution in [2.24, 2.45) is 5.92 Å². The normalized spacial score (nSPS) is 19.2. The number of hydrogen-bond donors (Lipinski definition) is 0. The summed E-state index contributed by atoms with van der Waals surface area (Å²) in [7, 11) is 0. The van der Waals surface area contributed by atoms with Crippen molar-refractivity contribution >= 4 is 34.8 Å². The molecule has 3 heterocycles. The van der Waals surface area contributed by atoms with Gasteiger partial charge in [-0.3, -0.25) is 9.69 Å². The zero-order chi connectivity index (χ0) is 24.4. The van der Waals surface area contributed by atoms with Crippen molar-refractivity contribution < 1.29 is 9.21 Å². The quantitative estimate of drug-likeness (QED) is 0.450. The van der Waals surface area contributed by atoms with Gasteiger partial charge < -0.3 is 14.2 Å². The predicted octanol–water partition coefficient (Wildman–Crippen LogP) is 5.52. The molecule has 2 saturated heterocycles. The summed E-state index contributed by atoms with van der Waals surface area (Å²) in [6.45, 7) is 7.49. The third-order valence-corrected chi connectivity index (χ3v) is 7.43. The highest BCUT2D eigenvalue weighted by Crippen LogP contribution is 2.27. The summed E-state index contributed by atoms with van der Waals surface area (Å²) in [5.41, 5.74) is 2.91. The van der Waals surface area contributed by atoms with Gasteiger partial charge in [0.1, 0.15) is 5.76 Å². The first-order valence-corrected chi connectivity index (χ1v) is 13.0. The van der Waals surface area contributed by atoms with Crippen molar-refractivity contribution in [1.82, 2.24) is 14.8 Å². The van der Waals surface area contributed by atoms with E-state index in [1.165, 1.54) is 0 Å². The van der Waals surface area contributed by atoms with Crippen LogP contribution >= 0.6 is 23.2 Å². The van der Waals surface area contributed by atoms with E-state index in [0.717, 1.165) is 79.8 Å². The number of amides is 1. The van der Waals surface area contributed by atoms with Crippen LogP contribution in [-0.4, -0.2) is 60.0 Å². The largest absolute Gasteiger partial charge is 0.441 e. The lowest BCUT2D eigenvalue weighted by molar-refractivity contribution is -0.137. The van der Waals surface area contributed by atoms with E-state index >= 15 is 0 Å². The number of anilines is 1. The first-order chi connectivity index (χ1) is 17.0. The van der Waals surface area contributed by atoms with Crippen LogP contribution < -0.4 is 4.90 Å². The molecule has 1 amide bonds. The standard InChI is InChI=1S/C27H30Cl2N4O2/c1-19-25(30-26(35-19)20-5-2-7-22(28)15-20)18-31-10-4-6-21(17-31)27(34)33-13-11-32(12-14-33)24-9-3-8-23(29)16-24/h2-3,5,7-9,15-16,21H,4,6,10-14,17-18H2,1H3/t21-/m0/s1. The number of likely N-dealkylation sites (tertiary alicyclic amines) is 1. The molecule has 3 aromatic rings. The Bertz CT molecular complexity index is 1190. The van der Waals surface area contributed by atoms with Crippen LogP contribution in [0.2, 0.25) is 10.0 Å². The van der Waals surface area contributed by atoms with Crippen molar-refractivity contribution in [1.29, 1.82) is 0 Å². The molecular weight excluding hydrogens is 483 g/mol. The lowest BCUT2D eigenvalue weighted by Gasteiger charge is -2.39. The van der Waals surface area contributed by atoms with E-state index in [1.807, 2.05) is 54.3 Å². The molecule has 2 fully saturated rings. The van der Waals surface area contributed by atoms with Crippen LogP contribution in [0, 0.1) is 12.8 Å². The summed E-state index contributed by atoms with van der Waals surface area (Å²) in [4.78, 5) is 24.8. The average Bonchev–Trinajstić information content (AvgIpc) is 3.24. The molecular formula is C27H30Cl2N4O2. The monoisotopic (exact) mass is 512 g/mol. The number of rotatable bonds is 5. The third-order valence-electron chi connectivity index (χ3n) is 6.96. The molecule has 2 aromatic carbocycles. The molecule has 0 N–H and O–H groups in total. The molecule has 5 rings (SSSR count). The Kier molecular flexibility index (Phi) is 7.32. The second-order valence-electron chi connectivity index (χ2n) is 9.40. The van der Waals surface area contributed by atoms with Crippen molar-refractivity contribution in [2.75, 3.05) is 44.2 Å². The van der Waals surface area contributed by atoms with E-state index in [9.17, 15) is 4.79 Å². The Morgan fingerprint density at radius 1 is 1.03 bits per heavy atom. The molecule has 6 nitrogen and oxygen atoms in total. The second-order valence-corrected chi connectivity index (χ2v) is 10.3. The van der Waals surface area contributed by atoms with Gasteiger partial charge >= 0.3 is 0 Å². The first-order valence-electron chi connectivity index (χ1n) is 12.2. The topological polar surface area (TPSA) is 52.8 Å². The first kappa shape index (κ1) is 24.2. The minimum atomic E-state index is 0.0288. The van der Waals surface area contributed by atoms with E-state index < -0.39 is 0 Å². The number of aromatic nitrogens is 1. The molecule has 0 spiro atoms. The Morgan fingerprint density at radius 2 is 1.77 bits per heavy atom. The summed E-state index contributed by atoms with van der Waals surface area (Å²) in [6.07, 6.45) is 1.95. The van der Waals surface area contributed by atoms with Gasteiger partial charge in [0.2, 0.25) is 11.8 Å². The SMILES string of the molecule is Cc1oc(-c2cccc(Cl)c2)nc1CN1CCC[C@H](C(=O)N2CCN(c3cccc(Cl)c3)CC2)C1. The number of hydrogen-bond acceptors (Lipinski definition) is 5. The lowest BCUT2D eigenvalue weighted by Crippen LogP contribution is -2.52. The number of carbonyl (C=O) groups is 1. The number of carbonyl (C=O) groups excluding carboxylic acids is 1. The summed E-state index contributed by atoms with van der Waals surface area (Å²) in [5, 5.41) is 1.40. The van der Waals surface area contributed by atoms with Gasteiger partial charge in [-0.1, -0.05) is 35.3 Å². The Balaban J connectivity index is 1.18. The van der Waals surface area contributed by atoms with Crippen molar-refractivity contribution in [3.05, 3.63) is 70.0 Å². The average molecular weight is 513 g/mol. The van der Waals surface area contributed by atoms with Gasteiger partial charge in [-0.15, -0.1) is 0 Å². The van der Waals surface area contributed by atoms with Gasteiger partial charge in [-0.05, 0) is 62.7 Å². The molecule has 2 aliphatic heterocycles. The van der Waals surface area contributed by atoms with Gasteiger partial charge in [0.05, 0.1) is 11.6 Å². The predicted molar refractivity (Wildman–Crippen MR) is 140 cm³/mol. The zero-order valence-electron chi connectivity index (χ0n) is 19.9. The van der Waals surface area contributed by atoms with Gasteiger partial charge in [0.15, 0.2) is 0 Å². The molecule has 0 bridgehead atoms. The second kappa shape index (κ2) is 10.6. The number of oxazole rings is 1. The number of benzene rings is 2. The van der Waals surface area contributed by atoms with Crippen molar-refractivity contribution in [2.45, 2.75) is 26.3 Å². The third kappa shape index (κ3) is 5.66. The Morgan fingerprint density at radius 3 is 2.51 bits per heavy atom. The molecule has 0 radical (unpaired) electrons. The van der Waals surface area contributed by atoms with Crippen LogP contribution in [0.4, 0.5) is 5.69 Å². The van der Waals surface area contributed by atoms with Gasteiger partial charge in [-0.25, -0.2) is 4.98 Å². The summed E-state index contributed by atoms with van der Waals surface area (Å²) >= 11 is 12.3. The number of halogens is 2. The summed E-state index contributed by atoms with van der Waals surface area (Å²) in [5.74, 6) is 1.70. The minimum absolute atomic E-state index is 0.0288. The smallest absolute Gasteiger partial charge is 0.227 e. The van der Waals surface area contributed by atoms with E-state index in [2.05, 4.69) is 15.9 Å². The zero-order valence-corrected chi connectivity index (χ0v) is 21.4. The molecule has 35 heavy (non-hydrogen) atoms. The van der Waals surface area contributed by atoms with Gasteiger partial charge in [0, 0.05) is 60.6 Å². The van der Waals surface area contributed by atoms with Crippen LogP contribution in [0.15, 0.2) is 52.9 Å². The Labute approximate surface area is 216 Å². The van der Waals surface area contributed by atoms with E-state index in [4.69, 9.17) is 32.6 Å². The van der Waals surface area contributed by atoms with E-state index in [0.29, 0.717) is 17.5 Å². The number of piperazine rings is 1. The molecule has 0 saturated carbocycles. The van der Waals surface area contributed by atoms with Crippen LogP contribution in [-0.2, 0) is 11.3 Å². The van der Waals surface area contributed by atoms with E-state index in [-0.39, 0.29) is 11.8 Å². The summed E-state index contributed by atoms with van der Waals surface area (Å²) < 4.78 is 5.94. The molecule has 8 heteroatoms. The molecule has 0 aliphatic carbocycles. The van der Waals surface area contributed by atoms with Crippen LogP contribution in [0.25, 0.3) is 11.5 Å². The highest BCUT2D eigenvalue weighted by molar-refractivity contribution is 6.31. The fourth-order valence-electron chi connectivity index (χ4n) is 5.05. The lowest BCUT2D eigenvalue weighted by atomic mass is 9.96. The van der Waals surface area contributed by atoms with Gasteiger partial charge in [-0.2, -0.15) is 0 Å². The molecule has 2 aliphatic rings. The van der Waals surface area contributed by atoms with Crippen molar-refractivity contribution in [3.63, 3.8) is 0 Å². The number of aryl methyl sites for hydroxylation is 1. The maximum Gasteiger partial charge on any atom is 0.227 e. The Hall–Kier alpha value is -2.54. The molecule has 1 aromatic heterocycles. The minimum Gasteiger partial charge on any atom is -0.441 e. The fourth-order valence-corrected chi connectivity index (χ4v) is 5.42. The van der Waals surface area contributed by atoms with Gasteiger partial charge in [0.25, 0.3) is 0 Å². The highest BCUT2D eigenvalue weighted by atomic mass is 35.5. The maximum atomic E-state index is 13.3. The van der Waals surface area contributed by atoms with Crippen LogP contribution in [0.1, 0.15) is 24.3 Å². The number of nitrogens with zero attached hydrogens (tertiary/aromatic N) is 4. The van der Waals surface area contributed by atoms with E-state index in [1.54, 1.807) is 0 Å². The molecule has 1 atom stereocenters. The number of piperidine rings is 1. The maximum absolute atomic E-state index is 13.3. The summed E-state index contributed by atoms with van der Waals surface area (Å²) in [6, 6.07) is 15.5. The molecule has 0 unspecified atom stereocenters. The van der Waals surface area contributed by atoms with Crippen LogP contribution in [0.3, 0.4) is 0 Å². The van der Waals surface area contributed by atoms with Crippen molar-refractivity contribution in [3.8, 4) is 11.5 Å². The molecule has 184 valence electrons.